The number of carbonyl (C=O) groups excluding carboxylic acids is 2. The maximum atomic E-state index is 12.8. The van der Waals surface area contributed by atoms with Crippen LogP contribution in [0.3, 0.4) is 0 Å². The number of carboxylic acids is 1. The third-order valence-electron chi connectivity index (χ3n) is 3.86. The summed E-state index contributed by atoms with van der Waals surface area (Å²) in [5.74, 6) is -2.37. The van der Waals surface area contributed by atoms with E-state index in [0.29, 0.717) is 0 Å². The quantitative estimate of drug-likeness (QED) is 0.596. The summed E-state index contributed by atoms with van der Waals surface area (Å²) in [6.07, 6.45) is -0.491. The molecule has 0 aliphatic carbocycles. The van der Waals surface area contributed by atoms with E-state index >= 15 is 0 Å². The van der Waals surface area contributed by atoms with E-state index < -0.39 is 36.3 Å². The molecule has 1 heterocycles. The van der Waals surface area contributed by atoms with Crippen LogP contribution in [0.1, 0.15) is 41.0 Å². The third kappa shape index (κ3) is 4.33. The molecule has 9 heteroatoms. The van der Waals surface area contributed by atoms with Gasteiger partial charge in [0, 0.05) is 9.49 Å². The molecule has 1 saturated heterocycles. The predicted octanol–water partition coefficient (Wildman–Crippen LogP) is 0.812. The molecule has 132 valence electrons. The Morgan fingerprint density at radius 3 is 1.96 bits per heavy atom. The number of hydrogen-bond donors (Lipinski definition) is 3. The average molecular weight is 364 g/mol. The van der Waals surface area contributed by atoms with Crippen LogP contribution in [-0.4, -0.2) is 55.4 Å². The Labute approximate surface area is 144 Å². The van der Waals surface area contributed by atoms with Crippen molar-refractivity contribution in [1.29, 1.82) is 0 Å². The number of rotatable bonds is 6. The van der Waals surface area contributed by atoms with Gasteiger partial charge >= 0.3 is 5.97 Å². The number of nitrogens with zero attached hydrogens (tertiary/aromatic N) is 1. The van der Waals surface area contributed by atoms with Gasteiger partial charge in [0.05, 0.1) is 18.5 Å². The topological polar surface area (TPSA) is 127 Å². The van der Waals surface area contributed by atoms with Crippen molar-refractivity contribution < 1.29 is 19.5 Å². The van der Waals surface area contributed by atoms with Crippen LogP contribution in [0.15, 0.2) is 0 Å². The van der Waals surface area contributed by atoms with Gasteiger partial charge in [-0.1, -0.05) is 21.6 Å². The maximum absolute atomic E-state index is 12.8. The van der Waals surface area contributed by atoms with E-state index in [4.69, 9.17) is 16.6 Å². The first-order valence-electron chi connectivity index (χ1n) is 7.27. The molecule has 0 saturated carbocycles. The highest BCUT2D eigenvalue weighted by Crippen LogP contribution is 2.58. The van der Waals surface area contributed by atoms with E-state index in [9.17, 15) is 14.4 Å². The Kier molecular flexibility index (Phi) is 6.04. The summed E-state index contributed by atoms with van der Waals surface area (Å²) in [7, 11) is 3.26. The van der Waals surface area contributed by atoms with Crippen molar-refractivity contribution in [3.8, 4) is 0 Å². The zero-order chi connectivity index (χ0) is 18.2. The summed E-state index contributed by atoms with van der Waals surface area (Å²) < 4.78 is -0.674. The minimum absolute atomic E-state index is 0.320. The third-order valence-corrected chi connectivity index (χ3v) is 8.08. The van der Waals surface area contributed by atoms with Gasteiger partial charge in [-0.25, -0.2) is 0 Å². The minimum atomic E-state index is -1.21. The van der Waals surface area contributed by atoms with Crippen LogP contribution < -0.4 is 11.5 Å². The summed E-state index contributed by atoms with van der Waals surface area (Å²) in [4.78, 5) is 36.8. The van der Waals surface area contributed by atoms with Gasteiger partial charge in [0.1, 0.15) is 6.04 Å². The van der Waals surface area contributed by atoms with Gasteiger partial charge in [-0.2, -0.15) is 0 Å². The molecule has 5 N–H and O–H groups in total. The first-order valence-corrected chi connectivity index (χ1v) is 9.42. The lowest BCUT2D eigenvalue weighted by Crippen LogP contribution is -2.64. The second-order valence-electron chi connectivity index (χ2n) is 6.80. The number of aliphatic carboxylic acids is 1. The number of amides is 2. The molecule has 0 spiro atoms. The number of hydrogen-bond acceptors (Lipinski definition) is 6. The molecule has 1 rings (SSSR count). The van der Waals surface area contributed by atoms with E-state index in [0.717, 1.165) is 0 Å². The molecule has 7 nitrogen and oxygen atoms in total. The molecule has 1 fully saturated rings. The van der Waals surface area contributed by atoms with Crippen LogP contribution in [0.4, 0.5) is 0 Å². The fourth-order valence-electron chi connectivity index (χ4n) is 2.96. The Hall–Kier alpha value is -0.930. The van der Waals surface area contributed by atoms with Gasteiger partial charge in [-0.15, -0.1) is 0 Å². The van der Waals surface area contributed by atoms with Gasteiger partial charge in [0.25, 0.3) is 0 Å². The fraction of sp³-hybridized carbons (Fsp3) is 0.786. The lowest BCUT2D eigenvalue weighted by Gasteiger charge is -2.45. The summed E-state index contributed by atoms with van der Waals surface area (Å²) in [5, 5.41) is 8.88. The van der Waals surface area contributed by atoms with Crippen LogP contribution >= 0.6 is 21.6 Å². The Morgan fingerprint density at radius 1 is 1.17 bits per heavy atom. The smallest absolute Gasteiger partial charge is 0.305 e. The molecule has 2 amide bonds. The molecular weight excluding hydrogens is 338 g/mol. The van der Waals surface area contributed by atoms with E-state index in [1.54, 1.807) is 28.5 Å². The standard InChI is InChI=1S/C14H25N3O4S2/c1-7(10(16)20)17(11(21)8(15)6-9(18)19)12-13(2,3)22-23-14(12,4)5/h7-8,12H,6,15H2,1-5H3,(H2,16,20)(H,18,19)/t7-,8+/m1/s1. The van der Waals surface area contributed by atoms with Gasteiger partial charge in [0.15, 0.2) is 0 Å². The average Bonchev–Trinajstić information content (AvgIpc) is 2.60. The van der Waals surface area contributed by atoms with Crippen LogP contribution in [0.25, 0.3) is 0 Å². The van der Waals surface area contributed by atoms with E-state index in [-0.39, 0.29) is 15.5 Å². The molecule has 23 heavy (non-hydrogen) atoms. The van der Waals surface area contributed by atoms with Crippen molar-refractivity contribution in [3.05, 3.63) is 0 Å². The summed E-state index contributed by atoms with van der Waals surface area (Å²) in [6.45, 7) is 9.50. The molecular formula is C14H25N3O4S2. The van der Waals surface area contributed by atoms with Crippen molar-refractivity contribution in [3.63, 3.8) is 0 Å². The molecule has 1 aliphatic rings. The second kappa shape index (κ2) is 6.90. The lowest BCUT2D eigenvalue weighted by molar-refractivity contribution is -0.147. The van der Waals surface area contributed by atoms with Crippen LogP contribution in [0.5, 0.6) is 0 Å². The van der Waals surface area contributed by atoms with Crippen LogP contribution in [-0.2, 0) is 14.4 Å². The minimum Gasteiger partial charge on any atom is -0.481 e. The lowest BCUT2D eigenvalue weighted by atomic mass is 9.88. The molecule has 0 radical (unpaired) electrons. The summed E-state index contributed by atoms with van der Waals surface area (Å²) >= 11 is 0. The highest BCUT2D eigenvalue weighted by Gasteiger charge is 2.55. The van der Waals surface area contributed by atoms with Crippen molar-refractivity contribution in [1.82, 2.24) is 4.90 Å². The highest BCUT2D eigenvalue weighted by molar-refractivity contribution is 8.78. The number of primary amides is 1. The zero-order valence-electron chi connectivity index (χ0n) is 14.0. The SMILES string of the molecule is C[C@H](C(N)=O)N(C(=O)[C@@H](N)CC(=O)O)C1C(C)(C)SSC1(C)C. The molecule has 0 aromatic carbocycles. The highest BCUT2D eigenvalue weighted by atomic mass is 33.1. The number of nitrogens with two attached hydrogens (primary N) is 2. The molecule has 1 aliphatic heterocycles. The largest absolute Gasteiger partial charge is 0.481 e. The molecule has 2 atom stereocenters. The van der Waals surface area contributed by atoms with E-state index in [1.165, 1.54) is 4.90 Å². The Morgan fingerprint density at radius 2 is 1.61 bits per heavy atom. The second-order valence-corrected chi connectivity index (χ2v) is 10.2. The van der Waals surface area contributed by atoms with E-state index in [2.05, 4.69) is 0 Å². The summed E-state index contributed by atoms with van der Waals surface area (Å²) in [5.41, 5.74) is 11.2. The first kappa shape index (κ1) is 20.1. The molecule has 0 aromatic rings. The van der Waals surface area contributed by atoms with Gasteiger partial charge in [-0.3, -0.25) is 14.4 Å². The Bertz CT molecular complexity index is 494. The molecule has 0 unspecified atom stereocenters. The van der Waals surface area contributed by atoms with Crippen LogP contribution in [0, 0.1) is 0 Å². The monoisotopic (exact) mass is 363 g/mol. The molecule has 0 aromatic heterocycles. The van der Waals surface area contributed by atoms with Gasteiger partial charge in [-0.05, 0) is 34.6 Å². The van der Waals surface area contributed by atoms with Crippen molar-refractivity contribution in [2.45, 2.75) is 68.7 Å². The van der Waals surface area contributed by atoms with Crippen molar-refractivity contribution >= 4 is 39.4 Å². The van der Waals surface area contributed by atoms with Gasteiger partial charge in [0.2, 0.25) is 11.8 Å². The zero-order valence-corrected chi connectivity index (χ0v) is 15.7. The number of carboxylic acid groups (broad SMARTS) is 1. The van der Waals surface area contributed by atoms with Crippen molar-refractivity contribution in [2.75, 3.05) is 0 Å². The fourth-order valence-corrected chi connectivity index (χ4v) is 6.30. The Balaban J connectivity index is 3.28. The normalized spacial score (nSPS) is 22.3. The maximum Gasteiger partial charge on any atom is 0.305 e. The van der Waals surface area contributed by atoms with E-state index in [1.807, 2.05) is 27.7 Å². The van der Waals surface area contributed by atoms with Gasteiger partial charge < -0.3 is 21.5 Å². The number of carbonyl (C=O) groups is 3. The van der Waals surface area contributed by atoms with Crippen LogP contribution in [0.2, 0.25) is 0 Å². The summed E-state index contributed by atoms with van der Waals surface area (Å²) in [6, 6.07) is -2.40. The molecule has 0 bridgehead atoms. The predicted molar refractivity (Wildman–Crippen MR) is 92.9 cm³/mol. The van der Waals surface area contributed by atoms with Crippen molar-refractivity contribution in [2.24, 2.45) is 11.5 Å². The first-order chi connectivity index (χ1) is 10.3.